The second-order valence-corrected chi connectivity index (χ2v) is 9.01. The summed E-state index contributed by atoms with van der Waals surface area (Å²) in [6.07, 6.45) is 0. The van der Waals surface area contributed by atoms with Gasteiger partial charge in [0.05, 0.1) is 9.92 Å². The molecule has 1 aliphatic heterocycles. The number of hydrogen-bond acceptors (Lipinski definition) is 5. The highest BCUT2D eigenvalue weighted by atomic mass is 35.5. The van der Waals surface area contributed by atoms with Crippen LogP contribution >= 0.6 is 11.6 Å². The van der Waals surface area contributed by atoms with E-state index in [2.05, 4.69) is 10.0 Å². The lowest BCUT2D eigenvalue weighted by Crippen LogP contribution is -2.23. The largest absolute Gasteiger partial charge is 0.486 e. The van der Waals surface area contributed by atoms with Crippen LogP contribution in [0.15, 0.2) is 65.6 Å². The molecule has 0 spiro atoms. The van der Waals surface area contributed by atoms with Crippen LogP contribution in [0.5, 0.6) is 11.5 Å². The van der Waals surface area contributed by atoms with E-state index in [1.807, 2.05) is 12.1 Å². The van der Waals surface area contributed by atoms with Crippen LogP contribution in [0.3, 0.4) is 0 Å². The van der Waals surface area contributed by atoms with Crippen LogP contribution in [-0.4, -0.2) is 27.5 Å². The van der Waals surface area contributed by atoms with E-state index in [-0.39, 0.29) is 28.1 Å². The van der Waals surface area contributed by atoms with Crippen LogP contribution in [0.25, 0.3) is 0 Å². The molecule has 10 heteroatoms. The average molecular weight is 477 g/mol. The van der Waals surface area contributed by atoms with Crippen LogP contribution in [0.2, 0.25) is 5.02 Å². The molecule has 166 valence electrons. The smallest absolute Gasteiger partial charge is 0.261 e. The van der Waals surface area contributed by atoms with Gasteiger partial charge in [0, 0.05) is 17.8 Å². The molecule has 3 aromatic rings. The molecule has 0 saturated carbocycles. The van der Waals surface area contributed by atoms with Crippen LogP contribution in [0, 0.1) is 5.82 Å². The molecule has 0 atom stereocenters. The molecule has 0 bridgehead atoms. The topological polar surface area (TPSA) is 93.7 Å². The third-order valence-corrected chi connectivity index (χ3v) is 6.33. The van der Waals surface area contributed by atoms with Gasteiger partial charge in [-0.15, -0.1) is 0 Å². The highest BCUT2D eigenvalue weighted by Crippen LogP contribution is 2.30. The number of amides is 1. The van der Waals surface area contributed by atoms with Crippen LogP contribution in [0.1, 0.15) is 15.9 Å². The van der Waals surface area contributed by atoms with Gasteiger partial charge < -0.3 is 14.8 Å². The van der Waals surface area contributed by atoms with Crippen molar-refractivity contribution >= 4 is 33.2 Å². The fourth-order valence-corrected chi connectivity index (χ4v) is 4.36. The van der Waals surface area contributed by atoms with Crippen LogP contribution in [-0.2, 0) is 16.6 Å². The van der Waals surface area contributed by atoms with Crippen molar-refractivity contribution in [3.8, 4) is 11.5 Å². The van der Waals surface area contributed by atoms with E-state index in [1.165, 1.54) is 24.3 Å². The highest BCUT2D eigenvalue weighted by Gasteiger charge is 2.17. The summed E-state index contributed by atoms with van der Waals surface area (Å²) in [6, 6.07) is 14.5. The Balaban J connectivity index is 1.38. The minimum atomic E-state index is -3.96. The summed E-state index contributed by atoms with van der Waals surface area (Å²) in [6.45, 7) is 1.27. The molecule has 0 aromatic heterocycles. The summed E-state index contributed by atoms with van der Waals surface area (Å²) >= 11 is 5.66. The Labute approximate surface area is 189 Å². The standard InChI is InChI=1S/C22H18ClFN2O5S/c23-18-12-17(6-7-19(18)24)32(28,29)26-16-4-2-15(3-5-16)22(27)25-13-14-1-8-20-21(11-14)31-10-9-30-20/h1-8,11-12,26H,9-10,13H2,(H,25,27). The maximum atomic E-state index is 13.3. The van der Waals surface area contributed by atoms with Crippen molar-refractivity contribution < 1.29 is 27.1 Å². The van der Waals surface area contributed by atoms with Crippen LogP contribution < -0.4 is 19.5 Å². The number of carbonyl (C=O) groups excluding carboxylic acids is 1. The van der Waals surface area contributed by atoms with E-state index >= 15 is 0 Å². The second kappa shape index (κ2) is 9.05. The first-order chi connectivity index (χ1) is 15.3. The molecular formula is C22H18ClFN2O5S. The minimum absolute atomic E-state index is 0.176. The Kier molecular flexibility index (Phi) is 6.20. The predicted molar refractivity (Wildman–Crippen MR) is 117 cm³/mol. The van der Waals surface area contributed by atoms with Crippen molar-refractivity contribution in [1.82, 2.24) is 5.32 Å². The third-order valence-electron chi connectivity index (χ3n) is 4.66. The Morgan fingerprint density at radius 2 is 1.69 bits per heavy atom. The lowest BCUT2D eigenvalue weighted by atomic mass is 10.1. The quantitative estimate of drug-likeness (QED) is 0.561. The maximum Gasteiger partial charge on any atom is 0.261 e. The fraction of sp³-hybridized carbons (Fsp3) is 0.136. The Morgan fingerprint density at radius 3 is 2.41 bits per heavy atom. The molecule has 3 aromatic carbocycles. The predicted octanol–water partition coefficient (Wildman–Crippen LogP) is 3.98. The Hall–Kier alpha value is -3.30. The number of carbonyl (C=O) groups is 1. The number of rotatable bonds is 6. The normalized spacial score (nSPS) is 12.8. The molecular weight excluding hydrogens is 459 g/mol. The summed E-state index contributed by atoms with van der Waals surface area (Å²) in [4.78, 5) is 12.3. The summed E-state index contributed by atoms with van der Waals surface area (Å²) in [7, 11) is -3.96. The first kappa shape index (κ1) is 21.9. The number of anilines is 1. The van der Waals surface area contributed by atoms with Crippen molar-refractivity contribution in [3.63, 3.8) is 0 Å². The molecule has 0 radical (unpaired) electrons. The monoisotopic (exact) mass is 476 g/mol. The minimum Gasteiger partial charge on any atom is -0.486 e. The van der Waals surface area contributed by atoms with Gasteiger partial charge >= 0.3 is 0 Å². The third kappa shape index (κ3) is 4.95. The average Bonchev–Trinajstić information content (AvgIpc) is 2.79. The number of nitrogens with one attached hydrogen (secondary N) is 2. The molecule has 0 fully saturated rings. The first-order valence-electron chi connectivity index (χ1n) is 9.56. The maximum absolute atomic E-state index is 13.3. The summed E-state index contributed by atoms with van der Waals surface area (Å²) < 4.78 is 51.6. The second-order valence-electron chi connectivity index (χ2n) is 6.92. The Morgan fingerprint density at radius 1 is 0.969 bits per heavy atom. The first-order valence-corrected chi connectivity index (χ1v) is 11.4. The van der Waals surface area contributed by atoms with E-state index in [0.717, 1.165) is 23.8 Å². The van der Waals surface area contributed by atoms with E-state index in [9.17, 15) is 17.6 Å². The summed E-state index contributed by atoms with van der Waals surface area (Å²) in [5.74, 6) is 0.284. The highest BCUT2D eigenvalue weighted by molar-refractivity contribution is 7.92. The molecule has 1 heterocycles. The number of fused-ring (bicyclic) bond motifs is 1. The van der Waals surface area contributed by atoms with Gasteiger partial charge in [0.2, 0.25) is 0 Å². The lowest BCUT2D eigenvalue weighted by Gasteiger charge is -2.19. The zero-order chi connectivity index (χ0) is 22.7. The van der Waals surface area contributed by atoms with E-state index < -0.39 is 15.8 Å². The molecule has 1 amide bonds. The van der Waals surface area contributed by atoms with Gasteiger partial charge in [-0.3, -0.25) is 9.52 Å². The Bertz CT molecular complexity index is 1270. The van der Waals surface area contributed by atoms with E-state index in [0.29, 0.717) is 30.3 Å². The molecule has 32 heavy (non-hydrogen) atoms. The van der Waals surface area contributed by atoms with Gasteiger partial charge in [-0.1, -0.05) is 17.7 Å². The molecule has 0 saturated heterocycles. The van der Waals surface area contributed by atoms with Gasteiger partial charge in [0.1, 0.15) is 19.0 Å². The van der Waals surface area contributed by atoms with E-state index in [4.69, 9.17) is 21.1 Å². The van der Waals surface area contributed by atoms with Crippen molar-refractivity contribution in [1.29, 1.82) is 0 Å². The summed E-state index contributed by atoms with van der Waals surface area (Å²) in [5.41, 5.74) is 1.45. The summed E-state index contributed by atoms with van der Waals surface area (Å²) in [5, 5.41) is 2.51. The van der Waals surface area contributed by atoms with Crippen molar-refractivity contribution in [2.75, 3.05) is 17.9 Å². The van der Waals surface area contributed by atoms with Gasteiger partial charge in [0.25, 0.3) is 15.9 Å². The fourth-order valence-electron chi connectivity index (χ4n) is 3.03. The van der Waals surface area contributed by atoms with Crippen LogP contribution in [0.4, 0.5) is 10.1 Å². The lowest BCUT2D eigenvalue weighted by molar-refractivity contribution is 0.0951. The van der Waals surface area contributed by atoms with Gasteiger partial charge in [-0.2, -0.15) is 0 Å². The SMILES string of the molecule is O=C(NCc1ccc2c(c1)OCCO2)c1ccc(NS(=O)(=O)c2ccc(F)c(Cl)c2)cc1. The van der Waals surface area contributed by atoms with Crippen molar-refractivity contribution in [2.45, 2.75) is 11.4 Å². The van der Waals surface area contributed by atoms with E-state index in [1.54, 1.807) is 6.07 Å². The molecule has 2 N–H and O–H groups in total. The van der Waals surface area contributed by atoms with Crippen molar-refractivity contribution in [3.05, 3.63) is 82.6 Å². The molecule has 1 aliphatic rings. The number of benzene rings is 3. The van der Waals surface area contributed by atoms with Gasteiger partial charge in [-0.05, 0) is 60.2 Å². The number of hydrogen-bond donors (Lipinski definition) is 2. The molecule has 0 unspecified atom stereocenters. The molecule has 4 rings (SSSR count). The zero-order valence-corrected chi connectivity index (χ0v) is 18.2. The van der Waals surface area contributed by atoms with Gasteiger partial charge in [0.15, 0.2) is 11.5 Å². The van der Waals surface area contributed by atoms with Gasteiger partial charge in [-0.25, -0.2) is 12.8 Å². The number of ether oxygens (including phenoxy) is 2. The number of sulfonamides is 1. The molecule has 7 nitrogen and oxygen atoms in total. The number of halogens is 2. The van der Waals surface area contributed by atoms with Crippen molar-refractivity contribution in [2.24, 2.45) is 0 Å². The zero-order valence-electron chi connectivity index (χ0n) is 16.6. The molecule has 0 aliphatic carbocycles.